The molecular weight excluding hydrogens is 422 g/mol. The molecule has 0 aliphatic carbocycles. The summed E-state index contributed by atoms with van der Waals surface area (Å²) in [5, 5.41) is 4.07. The van der Waals surface area contributed by atoms with Crippen molar-refractivity contribution in [2.75, 3.05) is 33.9 Å². The first-order valence-electron chi connectivity index (χ1n) is 10.7. The lowest BCUT2D eigenvalue weighted by atomic mass is 9.95. The van der Waals surface area contributed by atoms with E-state index in [4.69, 9.17) is 14.2 Å². The number of hydrogen-bond acceptors (Lipinski definition) is 6. The van der Waals surface area contributed by atoms with E-state index in [9.17, 15) is 9.59 Å². The Kier molecular flexibility index (Phi) is 8.46. The number of nitrogens with zero attached hydrogens (tertiary/aromatic N) is 2. The van der Waals surface area contributed by atoms with Gasteiger partial charge in [0.1, 0.15) is 23.9 Å². The van der Waals surface area contributed by atoms with Crippen LogP contribution in [0.3, 0.4) is 0 Å². The fourth-order valence-electron chi connectivity index (χ4n) is 3.56. The highest BCUT2D eigenvalue weighted by atomic mass is 16.5. The maximum absolute atomic E-state index is 12.9. The number of rotatable bonds is 9. The standard InChI is InChI=1S/C25H29N3O5/c1-4-12-33-21-7-5-6-18(13-21)17-26-27-24(29)19-8-10-28(11-9-19)25(30)20-14-22(31-2)16-23(15-20)32-3/h4-7,13-17,19H,1,8-12H2,2-3H3,(H,27,29)/b26-17-. The molecule has 8 nitrogen and oxygen atoms in total. The smallest absolute Gasteiger partial charge is 0.254 e. The zero-order valence-electron chi connectivity index (χ0n) is 19.0. The number of amides is 2. The molecule has 2 amide bonds. The summed E-state index contributed by atoms with van der Waals surface area (Å²) >= 11 is 0. The van der Waals surface area contributed by atoms with Gasteiger partial charge in [-0.2, -0.15) is 5.10 Å². The molecule has 0 atom stereocenters. The molecule has 0 aromatic heterocycles. The zero-order chi connectivity index (χ0) is 23.6. The van der Waals surface area contributed by atoms with Gasteiger partial charge in [0.15, 0.2) is 0 Å². The van der Waals surface area contributed by atoms with E-state index < -0.39 is 0 Å². The Morgan fingerprint density at radius 2 is 1.79 bits per heavy atom. The van der Waals surface area contributed by atoms with Crippen molar-refractivity contribution in [2.45, 2.75) is 12.8 Å². The van der Waals surface area contributed by atoms with Crippen molar-refractivity contribution in [3.63, 3.8) is 0 Å². The van der Waals surface area contributed by atoms with Crippen LogP contribution in [0, 0.1) is 5.92 Å². The molecule has 1 aliphatic heterocycles. The molecule has 3 rings (SSSR count). The average molecular weight is 452 g/mol. The topological polar surface area (TPSA) is 89.5 Å². The molecule has 33 heavy (non-hydrogen) atoms. The molecule has 174 valence electrons. The molecule has 1 saturated heterocycles. The van der Waals surface area contributed by atoms with Crippen LogP contribution in [-0.2, 0) is 4.79 Å². The first-order valence-corrected chi connectivity index (χ1v) is 10.7. The summed E-state index contributed by atoms with van der Waals surface area (Å²) < 4.78 is 16.0. The highest BCUT2D eigenvalue weighted by Crippen LogP contribution is 2.25. The third-order valence-electron chi connectivity index (χ3n) is 5.37. The summed E-state index contributed by atoms with van der Waals surface area (Å²) in [6, 6.07) is 12.5. The van der Waals surface area contributed by atoms with E-state index in [0.717, 1.165) is 5.56 Å². The molecule has 8 heteroatoms. The number of carbonyl (C=O) groups excluding carboxylic acids is 2. The van der Waals surface area contributed by atoms with Gasteiger partial charge >= 0.3 is 0 Å². The van der Waals surface area contributed by atoms with Crippen LogP contribution in [0.4, 0.5) is 0 Å². The van der Waals surface area contributed by atoms with Crippen molar-refractivity contribution in [2.24, 2.45) is 11.0 Å². The summed E-state index contributed by atoms with van der Waals surface area (Å²) in [7, 11) is 3.09. The van der Waals surface area contributed by atoms with Crippen LogP contribution in [0.25, 0.3) is 0 Å². The van der Waals surface area contributed by atoms with Crippen LogP contribution in [0.1, 0.15) is 28.8 Å². The van der Waals surface area contributed by atoms with E-state index in [0.29, 0.717) is 55.4 Å². The van der Waals surface area contributed by atoms with Crippen molar-refractivity contribution in [3.8, 4) is 17.2 Å². The minimum atomic E-state index is -0.201. The monoisotopic (exact) mass is 451 g/mol. The molecule has 1 N–H and O–H groups in total. The number of piperidine rings is 1. The van der Waals surface area contributed by atoms with Gasteiger partial charge in [0.05, 0.1) is 20.4 Å². The van der Waals surface area contributed by atoms with Crippen LogP contribution in [0.2, 0.25) is 0 Å². The summed E-state index contributed by atoms with van der Waals surface area (Å²) in [6.07, 6.45) is 4.39. The SMILES string of the molecule is C=CCOc1cccc(/C=N\NC(=O)C2CCN(C(=O)c3cc(OC)cc(OC)c3)CC2)c1. The third-order valence-corrected chi connectivity index (χ3v) is 5.37. The molecular formula is C25H29N3O5. The predicted molar refractivity (Wildman–Crippen MR) is 126 cm³/mol. The number of hydrazone groups is 1. The van der Waals surface area contributed by atoms with Gasteiger partial charge in [-0.1, -0.05) is 24.8 Å². The van der Waals surface area contributed by atoms with Crippen molar-refractivity contribution in [3.05, 3.63) is 66.2 Å². The fourth-order valence-corrected chi connectivity index (χ4v) is 3.56. The summed E-state index contributed by atoms with van der Waals surface area (Å²) in [4.78, 5) is 27.2. The molecule has 0 saturated carbocycles. The molecule has 2 aromatic rings. The maximum Gasteiger partial charge on any atom is 0.254 e. The van der Waals surface area contributed by atoms with Crippen molar-refractivity contribution >= 4 is 18.0 Å². The van der Waals surface area contributed by atoms with Gasteiger partial charge in [-0.3, -0.25) is 9.59 Å². The number of carbonyl (C=O) groups is 2. The lowest BCUT2D eigenvalue weighted by molar-refractivity contribution is -0.126. The van der Waals surface area contributed by atoms with E-state index in [1.165, 1.54) is 0 Å². The number of ether oxygens (including phenoxy) is 3. The number of nitrogens with one attached hydrogen (secondary N) is 1. The average Bonchev–Trinajstić information content (AvgIpc) is 2.86. The quantitative estimate of drug-likeness (QED) is 0.359. The van der Waals surface area contributed by atoms with Crippen LogP contribution in [-0.4, -0.2) is 56.8 Å². The Bertz CT molecular complexity index is 991. The molecule has 0 spiro atoms. The number of likely N-dealkylation sites (tertiary alicyclic amines) is 1. The van der Waals surface area contributed by atoms with Gasteiger partial charge in [0, 0.05) is 30.6 Å². The summed E-state index contributed by atoms with van der Waals surface area (Å²) in [5.41, 5.74) is 3.92. The van der Waals surface area contributed by atoms with Gasteiger partial charge in [-0.25, -0.2) is 5.43 Å². The van der Waals surface area contributed by atoms with Crippen LogP contribution >= 0.6 is 0 Å². The van der Waals surface area contributed by atoms with E-state index >= 15 is 0 Å². The van der Waals surface area contributed by atoms with Gasteiger partial charge in [0.2, 0.25) is 5.91 Å². The van der Waals surface area contributed by atoms with Gasteiger partial charge in [0.25, 0.3) is 5.91 Å². The van der Waals surface area contributed by atoms with E-state index in [1.807, 2.05) is 24.3 Å². The Morgan fingerprint density at radius 3 is 2.42 bits per heavy atom. The maximum atomic E-state index is 12.9. The van der Waals surface area contributed by atoms with Crippen molar-refractivity contribution < 1.29 is 23.8 Å². The Hall–Kier alpha value is -3.81. The van der Waals surface area contributed by atoms with Gasteiger partial charge in [-0.15, -0.1) is 0 Å². The molecule has 0 radical (unpaired) electrons. The number of benzene rings is 2. The molecule has 1 fully saturated rings. The second-order valence-corrected chi connectivity index (χ2v) is 7.57. The normalized spacial score (nSPS) is 14.1. The summed E-state index contributed by atoms with van der Waals surface area (Å²) in [5.74, 6) is 1.36. The molecule has 1 aliphatic rings. The molecule has 2 aromatic carbocycles. The fraction of sp³-hybridized carbons (Fsp3) is 0.320. The van der Waals surface area contributed by atoms with Crippen molar-refractivity contribution in [1.29, 1.82) is 0 Å². The Balaban J connectivity index is 1.51. The minimum absolute atomic E-state index is 0.109. The first kappa shape index (κ1) is 23.8. The number of methoxy groups -OCH3 is 2. The zero-order valence-corrected chi connectivity index (χ0v) is 19.0. The van der Waals surface area contributed by atoms with Gasteiger partial charge in [-0.05, 0) is 42.7 Å². The highest BCUT2D eigenvalue weighted by molar-refractivity contribution is 5.95. The van der Waals surface area contributed by atoms with E-state index in [2.05, 4.69) is 17.1 Å². The number of hydrogen-bond donors (Lipinski definition) is 1. The van der Waals surface area contributed by atoms with E-state index in [-0.39, 0.29) is 17.7 Å². The molecule has 0 bridgehead atoms. The lowest BCUT2D eigenvalue weighted by Gasteiger charge is -2.31. The predicted octanol–water partition coefficient (Wildman–Crippen LogP) is 3.27. The van der Waals surface area contributed by atoms with Crippen LogP contribution in [0.5, 0.6) is 17.2 Å². The minimum Gasteiger partial charge on any atom is -0.497 e. The van der Waals surface area contributed by atoms with Crippen LogP contribution in [0.15, 0.2) is 60.2 Å². The van der Waals surface area contributed by atoms with Crippen LogP contribution < -0.4 is 19.6 Å². The van der Waals surface area contributed by atoms with Gasteiger partial charge < -0.3 is 19.1 Å². The Labute approximate surface area is 193 Å². The Morgan fingerprint density at radius 1 is 1.09 bits per heavy atom. The second-order valence-electron chi connectivity index (χ2n) is 7.57. The molecule has 0 unspecified atom stereocenters. The highest BCUT2D eigenvalue weighted by Gasteiger charge is 2.28. The second kappa shape index (κ2) is 11.7. The third kappa shape index (κ3) is 6.58. The largest absolute Gasteiger partial charge is 0.497 e. The lowest BCUT2D eigenvalue weighted by Crippen LogP contribution is -2.42. The first-order chi connectivity index (χ1) is 16.0. The van der Waals surface area contributed by atoms with Crippen molar-refractivity contribution in [1.82, 2.24) is 10.3 Å². The van der Waals surface area contributed by atoms with E-state index in [1.54, 1.807) is 49.6 Å². The molecule has 1 heterocycles. The summed E-state index contributed by atoms with van der Waals surface area (Å²) in [6.45, 7) is 5.02.